The van der Waals surface area contributed by atoms with E-state index in [1.54, 1.807) is 7.11 Å². The molecule has 0 fully saturated rings. The second-order valence-corrected chi connectivity index (χ2v) is 5.97. The third-order valence-corrected chi connectivity index (χ3v) is 4.01. The number of benzene rings is 3. The molecule has 0 aliphatic rings. The molecule has 0 aliphatic carbocycles. The highest BCUT2D eigenvalue weighted by Gasteiger charge is 2.04. The van der Waals surface area contributed by atoms with Crippen molar-refractivity contribution < 1.29 is 9.53 Å². The third kappa shape index (κ3) is 5.11. The average Bonchev–Trinajstić information content (AvgIpc) is 2.69. The molecule has 0 atom stereocenters. The fourth-order valence-corrected chi connectivity index (χ4v) is 2.63. The maximum absolute atomic E-state index is 12.1. The zero-order valence-electron chi connectivity index (χ0n) is 14.7. The number of hydrogen-bond acceptors (Lipinski definition) is 3. The van der Waals surface area contributed by atoms with E-state index < -0.39 is 0 Å². The Labute approximate surface area is 153 Å². The van der Waals surface area contributed by atoms with E-state index in [1.807, 2.05) is 78.9 Å². The molecule has 0 saturated heterocycles. The lowest BCUT2D eigenvalue weighted by atomic mass is 10.1. The summed E-state index contributed by atoms with van der Waals surface area (Å²) in [5.74, 6) is 0.819. The Hall–Kier alpha value is -3.27. The minimum absolute atomic E-state index is 0.0161. The van der Waals surface area contributed by atoms with Crippen LogP contribution in [0, 0.1) is 0 Å². The molecular formula is C22H22N2O2. The number of anilines is 3. The van der Waals surface area contributed by atoms with Crippen LogP contribution in [-0.4, -0.2) is 13.0 Å². The molecule has 3 rings (SSSR count). The maximum Gasteiger partial charge on any atom is 0.224 e. The summed E-state index contributed by atoms with van der Waals surface area (Å²) in [5.41, 5.74) is 3.85. The molecule has 26 heavy (non-hydrogen) atoms. The number of carbonyl (C=O) groups excluding carboxylic acids is 1. The van der Waals surface area contributed by atoms with Crippen LogP contribution in [0.5, 0.6) is 5.75 Å². The average molecular weight is 346 g/mol. The van der Waals surface area contributed by atoms with Crippen molar-refractivity contribution in [2.45, 2.75) is 12.8 Å². The lowest BCUT2D eigenvalue weighted by molar-refractivity contribution is -0.116. The number of carbonyl (C=O) groups is 1. The highest BCUT2D eigenvalue weighted by Crippen LogP contribution is 2.22. The highest BCUT2D eigenvalue weighted by atomic mass is 16.5. The van der Waals surface area contributed by atoms with Crippen molar-refractivity contribution in [2.75, 3.05) is 17.7 Å². The van der Waals surface area contributed by atoms with E-state index in [0.717, 1.165) is 29.2 Å². The van der Waals surface area contributed by atoms with Crippen molar-refractivity contribution in [3.05, 3.63) is 84.4 Å². The maximum atomic E-state index is 12.1. The van der Waals surface area contributed by atoms with Gasteiger partial charge in [0.2, 0.25) is 5.91 Å². The van der Waals surface area contributed by atoms with E-state index in [2.05, 4.69) is 10.6 Å². The first kappa shape index (κ1) is 17.5. The molecule has 0 bridgehead atoms. The normalized spacial score (nSPS) is 10.2. The molecule has 0 spiro atoms. The molecule has 132 valence electrons. The van der Waals surface area contributed by atoms with E-state index in [1.165, 1.54) is 5.56 Å². The smallest absolute Gasteiger partial charge is 0.224 e. The van der Waals surface area contributed by atoms with E-state index in [9.17, 15) is 4.79 Å². The van der Waals surface area contributed by atoms with Gasteiger partial charge in [0.25, 0.3) is 0 Å². The van der Waals surface area contributed by atoms with Crippen LogP contribution >= 0.6 is 0 Å². The molecule has 0 aromatic heterocycles. The lowest BCUT2D eigenvalue weighted by Crippen LogP contribution is -2.12. The summed E-state index contributed by atoms with van der Waals surface area (Å²) in [5, 5.41) is 6.25. The number of amides is 1. The van der Waals surface area contributed by atoms with Gasteiger partial charge < -0.3 is 15.4 Å². The first-order chi connectivity index (χ1) is 12.7. The van der Waals surface area contributed by atoms with Crippen LogP contribution in [0.1, 0.15) is 12.0 Å². The van der Waals surface area contributed by atoms with Crippen LogP contribution in [0.2, 0.25) is 0 Å². The second-order valence-electron chi connectivity index (χ2n) is 5.97. The van der Waals surface area contributed by atoms with Crippen LogP contribution in [0.25, 0.3) is 0 Å². The number of hydrogen-bond donors (Lipinski definition) is 2. The van der Waals surface area contributed by atoms with Gasteiger partial charge in [-0.25, -0.2) is 0 Å². The van der Waals surface area contributed by atoms with Crippen LogP contribution in [0.3, 0.4) is 0 Å². The van der Waals surface area contributed by atoms with Crippen molar-refractivity contribution in [1.29, 1.82) is 0 Å². The molecule has 0 unspecified atom stereocenters. The number of methoxy groups -OCH3 is 1. The summed E-state index contributed by atoms with van der Waals surface area (Å²) in [7, 11) is 1.65. The van der Waals surface area contributed by atoms with Crippen molar-refractivity contribution >= 4 is 23.0 Å². The van der Waals surface area contributed by atoms with Crippen LogP contribution < -0.4 is 15.4 Å². The van der Waals surface area contributed by atoms with Crippen LogP contribution in [0.4, 0.5) is 17.1 Å². The minimum Gasteiger partial charge on any atom is -0.497 e. The Morgan fingerprint density at radius 2 is 1.58 bits per heavy atom. The first-order valence-corrected chi connectivity index (χ1v) is 8.58. The van der Waals surface area contributed by atoms with Crippen LogP contribution in [-0.2, 0) is 11.2 Å². The Balaban J connectivity index is 1.53. The molecular weight excluding hydrogens is 324 g/mol. The Bertz CT molecular complexity index is 846. The van der Waals surface area contributed by atoms with E-state index in [0.29, 0.717) is 6.42 Å². The molecule has 2 N–H and O–H groups in total. The predicted octanol–water partition coefficient (Wildman–Crippen LogP) is 5.01. The van der Waals surface area contributed by atoms with Gasteiger partial charge in [0.15, 0.2) is 0 Å². The van der Waals surface area contributed by atoms with Gasteiger partial charge in [-0.05, 0) is 48.4 Å². The Morgan fingerprint density at radius 3 is 2.31 bits per heavy atom. The van der Waals surface area contributed by atoms with E-state index >= 15 is 0 Å². The van der Waals surface area contributed by atoms with Crippen molar-refractivity contribution in [1.82, 2.24) is 0 Å². The Kier molecular flexibility index (Phi) is 5.88. The minimum atomic E-state index is 0.0161. The van der Waals surface area contributed by atoms with Gasteiger partial charge in [-0.2, -0.15) is 0 Å². The fraction of sp³-hybridized carbons (Fsp3) is 0.136. The summed E-state index contributed by atoms with van der Waals surface area (Å²) >= 11 is 0. The standard InChI is InChI=1S/C22H22N2O2/c1-26-21-9-5-8-20(16-21)23-18-11-13-19(14-12-18)24-22(25)15-10-17-6-3-2-4-7-17/h2-9,11-14,16,23H,10,15H2,1H3,(H,24,25). The fourth-order valence-electron chi connectivity index (χ4n) is 2.63. The van der Waals surface area contributed by atoms with Gasteiger partial charge in [0, 0.05) is 29.5 Å². The summed E-state index contributed by atoms with van der Waals surface area (Å²) in [4.78, 5) is 12.1. The summed E-state index contributed by atoms with van der Waals surface area (Å²) in [6, 6.07) is 25.4. The molecule has 0 aliphatic heterocycles. The highest BCUT2D eigenvalue weighted by molar-refractivity contribution is 5.91. The number of aryl methyl sites for hydroxylation is 1. The second kappa shape index (κ2) is 8.72. The van der Waals surface area contributed by atoms with Crippen molar-refractivity contribution in [3.8, 4) is 5.75 Å². The molecule has 3 aromatic rings. The molecule has 0 heterocycles. The van der Waals surface area contributed by atoms with E-state index in [-0.39, 0.29) is 5.91 Å². The summed E-state index contributed by atoms with van der Waals surface area (Å²) in [6.45, 7) is 0. The Morgan fingerprint density at radius 1 is 0.846 bits per heavy atom. The van der Waals surface area contributed by atoms with E-state index in [4.69, 9.17) is 4.74 Å². The van der Waals surface area contributed by atoms with Crippen molar-refractivity contribution in [3.63, 3.8) is 0 Å². The largest absolute Gasteiger partial charge is 0.497 e. The van der Waals surface area contributed by atoms with Gasteiger partial charge >= 0.3 is 0 Å². The third-order valence-electron chi connectivity index (χ3n) is 4.01. The molecule has 4 heteroatoms. The lowest BCUT2D eigenvalue weighted by Gasteiger charge is -2.10. The number of ether oxygens (including phenoxy) is 1. The molecule has 4 nitrogen and oxygen atoms in total. The topological polar surface area (TPSA) is 50.4 Å². The number of nitrogens with one attached hydrogen (secondary N) is 2. The zero-order chi connectivity index (χ0) is 18.2. The van der Waals surface area contributed by atoms with Gasteiger partial charge in [0.05, 0.1) is 7.11 Å². The molecule has 0 radical (unpaired) electrons. The van der Waals surface area contributed by atoms with Crippen LogP contribution in [0.15, 0.2) is 78.9 Å². The first-order valence-electron chi connectivity index (χ1n) is 8.58. The zero-order valence-corrected chi connectivity index (χ0v) is 14.7. The summed E-state index contributed by atoms with van der Waals surface area (Å²) in [6.07, 6.45) is 1.20. The monoisotopic (exact) mass is 346 g/mol. The predicted molar refractivity (Wildman–Crippen MR) is 106 cm³/mol. The summed E-state index contributed by atoms with van der Waals surface area (Å²) < 4.78 is 5.22. The molecule has 0 saturated carbocycles. The van der Waals surface area contributed by atoms with Gasteiger partial charge in [-0.15, -0.1) is 0 Å². The molecule has 1 amide bonds. The van der Waals surface area contributed by atoms with Crippen molar-refractivity contribution in [2.24, 2.45) is 0 Å². The number of rotatable bonds is 7. The van der Waals surface area contributed by atoms with Gasteiger partial charge in [-0.3, -0.25) is 4.79 Å². The SMILES string of the molecule is COc1cccc(Nc2ccc(NC(=O)CCc3ccccc3)cc2)c1. The van der Waals surface area contributed by atoms with Gasteiger partial charge in [-0.1, -0.05) is 36.4 Å². The quantitative estimate of drug-likeness (QED) is 0.632. The molecule has 3 aromatic carbocycles. The van der Waals surface area contributed by atoms with Gasteiger partial charge in [0.1, 0.15) is 5.75 Å².